The van der Waals surface area contributed by atoms with Gasteiger partial charge in [0.2, 0.25) is 24.1 Å². The van der Waals surface area contributed by atoms with Gasteiger partial charge in [-0.25, -0.2) is 0 Å². The molecule has 0 bridgehead atoms. The van der Waals surface area contributed by atoms with E-state index in [1.165, 1.54) is 6.07 Å². The molecular weight excluding hydrogens is 284 g/mol. The third kappa shape index (κ3) is 2.90. The number of carbonyl (C=O) groups is 4. The minimum absolute atomic E-state index is 0.176. The van der Waals surface area contributed by atoms with E-state index in [9.17, 15) is 19.2 Å². The van der Waals surface area contributed by atoms with Crippen molar-refractivity contribution < 1.29 is 19.2 Å². The van der Waals surface area contributed by atoms with Crippen molar-refractivity contribution in [2.45, 2.75) is 33.1 Å². The number of amides is 4. The first kappa shape index (κ1) is 15.9. The predicted octanol–water partition coefficient (Wildman–Crippen LogP) is 1.88. The van der Waals surface area contributed by atoms with Crippen LogP contribution < -0.4 is 9.80 Å². The lowest BCUT2D eigenvalue weighted by Crippen LogP contribution is -2.31. The quantitative estimate of drug-likeness (QED) is 0.615. The van der Waals surface area contributed by atoms with Crippen molar-refractivity contribution in [2.75, 3.05) is 9.80 Å². The highest BCUT2D eigenvalue weighted by molar-refractivity contribution is 6.21. The summed E-state index contributed by atoms with van der Waals surface area (Å²) in [5.74, 6) is -1.20. The van der Waals surface area contributed by atoms with Crippen LogP contribution in [0.15, 0.2) is 24.3 Å². The number of benzene rings is 1. The van der Waals surface area contributed by atoms with Gasteiger partial charge < -0.3 is 0 Å². The number of rotatable bonds is 5. The van der Waals surface area contributed by atoms with E-state index in [2.05, 4.69) is 0 Å². The highest BCUT2D eigenvalue weighted by Gasteiger charge is 2.36. The van der Waals surface area contributed by atoms with Crippen LogP contribution >= 0.6 is 0 Å². The summed E-state index contributed by atoms with van der Waals surface area (Å²) < 4.78 is 0. The summed E-state index contributed by atoms with van der Waals surface area (Å²) in [7, 11) is 0. The number of anilines is 2. The molecule has 6 heteroatoms. The summed E-state index contributed by atoms with van der Waals surface area (Å²) in [6.45, 7) is 3.55. The van der Waals surface area contributed by atoms with Crippen LogP contribution in [0.25, 0.3) is 0 Å². The molecule has 0 N–H and O–H groups in total. The van der Waals surface area contributed by atoms with Crippen LogP contribution in [0.1, 0.15) is 33.1 Å². The van der Waals surface area contributed by atoms with E-state index in [0.717, 1.165) is 9.80 Å². The fourth-order valence-corrected chi connectivity index (χ4v) is 2.43. The summed E-state index contributed by atoms with van der Waals surface area (Å²) in [4.78, 5) is 49.2. The Morgan fingerprint density at radius 1 is 1.41 bits per heavy atom. The fraction of sp³-hybridized carbons (Fsp3) is 0.375. The zero-order valence-corrected chi connectivity index (χ0v) is 12.6. The lowest BCUT2D eigenvalue weighted by atomic mass is 10.1. The molecule has 2 rings (SSSR count). The van der Waals surface area contributed by atoms with Gasteiger partial charge in [0.05, 0.1) is 11.4 Å². The van der Waals surface area contributed by atoms with E-state index in [1.807, 2.05) is 6.92 Å². The molecule has 116 valence electrons. The molecule has 0 aromatic heterocycles. The Balaban J connectivity index is 2.34. The van der Waals surface area contributed by atoms with E-state index in [4.69, 9.17) is 0 Å². The van der Waals surface area contributed by atoms with Crippen LogP contribution in [0.5, 0.6) is 0 Å². The van der Waals surface area contributed by atoms with Gasteiger partial charge in [-0.05, 0) is 24.6 Å². The first-order chi connectivity index (χ1) is 10.5. The number of hydrogen-bond acceptors (Lipinski definition) is 4. The minimum Gasteiger partial charge on any atom is -0.278 e. The topological polar surface area (TPSA) is 74.8 Å². The summed E-state index contributed by atoms with van der Waals surface area (Å²) in [5.41, 5.74) is 0.735. The van der Waals surface area contributed by atoms with Gasteiger partial charge >= 0.3 is 0 Å². The predicted molar refractivity (Wildman–Crippen MR) is 81.2 cm³/mol. The molecule has 1 aliphatic heterocycles. The largest absolute Gasteiger partial charge is 0.278 e. The molecule has 1 saturated heterocycles. The van der Waals surface area contributed by atoms with Crippen molar-refractivity contribution in [3.05, 3.63) is 24.3 Å². The molecule has 1 atom stereocenters. The summed E-state index contributed by atoms with van der Waals surface area (Å²) in [6, 6.07) is 6.34. The second-order valence-corrected chi connectivity index (χ2v) is 5.31. The van der Waals surface area contributed by atoms with E-state index < -0.39 is 0 Å². The molecule has 4 amide bonds. The number of nitrogens with zero attached hydrogens (tertiary/aromatic N) is 2. The normalized spacial score (nSPS) is 17.7. The Bertz CT molecular complexity index is 626. The van der Waals surface area contributed by atoms with Crippen molar-refractivity contribution in [1.29, 1.82) is 0 Å². The van der Waals surface area contributed by atoms with Gasteiger partial charge in [0.15, 0.2) is 0 Å². The molecule has 22 heavy (non-hydrogen) atoms. The van der Waals surface area contributed by atoms with Crippen LogP contribution in [0.4, 0.5) is 11.4 Å². The van der Waals surface area contributed by atoms with E-state index in [1.54, 1.807) is 25.1 Å². The molecule has 0 saturated carbocycles. The van der Waals surface area contributed by atoms with Crippen molar-refractivity contribution in [3.63, 3.8) is 0 Å². The van der Waals surface area contributed by atoms with Crippen LogP contribution in [0, 0.1) is 5.92 Å². The molecule has 1 unspecified atom stereocenters. The number of imide groups is 2. The van der Waals surface area contributed by atoms with Gasteiger partial charge in [-0.2, -0.15) is 0 Å². The smallest absolute Gasteiger partial charge is 0.237 e. The lowest BCUT2D eigenvalue weighted by Gasteiger charge is -2.19. The summed E-state index contributed by atoms with van der Waals surface area (Å²) >= 11 is 0. The van der Waals surface area contributed by atoms with Gasteiger partial charge in [0, 0.05) is 18.8 Å². The van der Waals surface area contributed by atoms with Gasteiger partial charge in [-0.3, -0.25) is 29.0 Å². The number of carbonyl (C=O) groups excluding carboxylic acids is 4. The lowest BCUT2D eigenvalue weighted by molar-refractivity contribution is -0.123. The summed E-state index contributed by atoms with van der Waals surface area (Å²) in [5, 5.41) is 0. The molecular formula is C16H18N2O4. The van der Waals surface area contributed by atoms with E-state index in [-0.39, 0.29) is 36.5 Å². The average molecular weight is 302 g/mol. The highest BCUT2D eigenvalue weighted by atomic mass is 16.2. The summed E-state index contributed by atoms with van der Waals surface area (Å²) in [6.07, 6.45) is 1.51. The standard InChI is InChI=1S/C16H18N2O4/c1-3-5-14(20)17(10-19)12-6-4-7-13(9-12)18-15(21)8-11(2)16(18)22/h4,6-7,9-11H,3,5,8H2,1-2H3. The molecule has 1 aromatic rings. The van der Waals surface area contributed by atoms with Gasteiger partial charge in [0.25, 0.3) is 0 Å². The first-order valence-corrected chi connectivity index (χ1v) is 7.23. The molecule has 0 radical (unpaired) electrons. The molecule has 1 fully saturated rings. The minimum atomic E-state index is -0.347. The Morgan fingerprint density at radius 3 is 2.68 bits per heavy atom. The molecule has 0 aliphatic carbocycles. The van der Waals surface area contributed by atoms with Crippen molar-refractivity contribution in [3.8, 4) is 0 Å². The van der Waals surface area contributed by atoms with Gasteiger partial charge in [-0.15, -0.1) is 0 Å². The van der Waals surface area contributed by atoms with Crippen LogP contribution in [-0.2, 0) is 19.2 Å². The molecule has 1 aromatic carbocycles. The highest BCUT2D eigenvalue weighted by Crippen LogP contribution is 2.29. The van der Waals surface area contributed by atoms with Gasteiger partial charge in [0.1, 0.15) is 0 Å². The SMILES string of the molecule is CCCC(=O)N(C=O)c1cccc(N2C(=O)CC(C)C2=O)c1. The van der Waals surface area contributed by atoms with Gasteiger partial charge in [-0.1, -0.05) is 19.9 Å². The van der Waals surface area contributed by atoms with Crippen LogP contribution in [-0.4, -0.2) is 24.1 Å². The second kappa shape index (κ2) is 6.51. The number of hydrogen-bond donors (Lipinski definition) is 0. The maximum absolute atomic E-state index is 12.1. The maximum Gasteiger partial charge on any atom is 0.237 e. The third-order valence-electron chi connectivity index (χ3n) is 3.58. The zero-order chi connectivity index (χ0) is 16.3. The maximum atomic E-state index is 12.1. The molecule has 0 spiro atoms. The Labute approximate surface area is 128 Å². The van der Waals surface area contributed by atoms with Crippen molar-refractivity contribution in [1.82, 2.24) is 0 Å². The zero-order valence-electron chi connectivity index (χ0n) is 12.6. The van der Waals surface area contributed by atoms with Crippen LogP contribution in [0.2, 0.25) is 0 Å². The monoisotopic (exact) mass is 302 g/mol. The average Bonchev–Trinajstić information content (AvgIpc) is 2.73. The van der Waals surface area contributed by atoms with Crippen molar-refractivity contribution >= 4 is 35.5 Å². The first-order valence-electron chi connectivity index (χ1n) is 7.23. The Kier molecular flexibility index (Phi) is 4.70. The molecule has 1 aliphatic rings. The Hall–Kier alpha value is -2.50. The third-order valence-corrected chi connectivity index (χ3v) is 3.58. The fourth-order valence-electron chi connectivity index (χ4n) is 2.43. The molecule has 6 nitrogen and oxygen atoms in total. The van der Waals surface area contributed by atoms with Crippen LogP contribution in [0.3, 0.4) is 0 Å². The second-order valence-electron chi connectivity index (χ2n) is 5.31. The Morgan fingerprint density at radius 2 is 2.14 bits per heavy atom. The van der Waals surface area contributed by atoms with E-state index >= 15 is 0 Å². The van der Waals surface area contributed by atoms with Crippen molar-refractivity contribution in [2.24, 2.45) is 5.92 Å². The van der Waals surface area contributed by atoms with E-state index in [0.29, 0.717) is 24.2 Å². The molecule has 1 heterocycles.